The van der Waals surface area contributed by atoms with Gasteiger partial charge in [-0.15, -0.1) is 0 Å². The van der Waals surface area contributed by atoms with Crippen molar-refractivity contribution in [3.05, 3.63) is 75.6 Å². The molecule has 3 aromatic rings. The summed E-state index contributed by atoms with van der Waals surface area (Å²) >= 11 is 0. The Morgan fingerprint density at radius 1 is 1.18 bits per heavy atom. The predicted molar refractivity (Wildman–Crippen MR) is 106 cm³/mol. The van der Waals surface area contributed by atoms with E-state index in [1.54, 1.807) is 38.1 Å². The summed E-state index contributed by atoms with van der Waals surface area (Å²) < 4.78 is 11.1. The van der Waals surface area contributed by atoms with E-state index < -0.39 is 17.8 Å². The van der Waals surface area contributed by atoms with Crippen molar-refractivity contribution in [3.8, 4) is 5.75 Å². The first-order valence-electron chi connectivity index (χ1n) is 9.08. The molecule has 146 valence electrons. The first-order valence-corrected chi connectivity index (χ1v) is 9.08. The second-order valence-electron chi connectivity index (χ2n) is 6.75. The largest absolute Gasteiger partial charge is 0.480 e. The molecule has 1 amide bonds. The molecular formula is C22H23NO5. The molecule has 0 fully saturated rings. The van der Waals surface area contributed by atoms with Crippen LogP contribution >= 0.6 is 0 Å². The lowest BCUT2D eigenvalue weighted by Gasteiger charge is -2.18. The molecule has 0 aliphatic carbocycles. The van der Waals surface area contributed by atoms with Crippen molar-refractivity contribution < 1.29 is 19.1 Å². The summed E-state index contributed by atoms with van der Waals surface area (Å²) in [5, 5.41) is 13.7. The summed E-state index contributed by atoms with van der Waals surface area (Å²) in [4.78, 5) is 24.0. The van der Waals surface area contributed by atoms with Gasteiger partial charge in [0.1, 0.15) is 11.3 Å². The quantitative estimate of drug-likeness (QED) is 0.641. The van der Waals surface area contributed by atoms with Crippen LogP contribution in [0.4, 0.5) is 0 Å². The van der Waals surface area contributed by atoms with Crippen LogP contribution in [0.1, 0.15) is 29.7 Å². The Morgan fingerprint density at radius 3 is 2.61 bits per heavy atom. The zero-order chi connectivity index (χ0) is 20.3. The Hall–Kier alpha value is -3.12. The van der Waals surface area contributed by atoms with E-state index >= 15 is 0 Å². The molecule has 0 unspecified atom stereocenters. The molecule has 28 heavy (non-hydrogen) atoms. The molecule has 6 heteroatoms. The molecule has 1 aromatic heterocycles. The van der Waals surface area contributed by atoms with Crippen molar-refractivity contribution in [2.45, 2.75) is 33.0 Å². The highest BCUT2D eigenvalue weighted by Crippen LogP contribution is 2.28. The summed E-state index contributed by atoms with van der Waals surface area (Å²) in [5.74, 6) is 0.118. The molecule has 0 saturated heterocycles. The first-order chi connectivity index (χ1) is 13.4. The van der Waals surface area contributed by atoms with Crippen LogP contribution in [0.5, 0.6) is 5.75 Å². The van der Waals surface area contributed by atoms with Gasteiger partial charge in [-0.25, -0.2) is 4.79 Å². The molecule has 0 saturated carbocycles. The number of ether oxygens (including phenoxy) is 1. The minimum Gasteiger partial charge on any atom is -0.480 e. The summed E-state index contributed by atoms with van der Waals surface area (Å²) in [5.41, 5.74) is 2.23. The Labute approximate surface area is 162 Å². The summed E-state index contributed by atoms with van der Waals surface area (Å²) in [6.07, 6.45) is -1.58. The van der Waals surface area contributed by atoms with Gasteiger partial charge in [0, 0.05) is 23.6 Å². The molecule has 0 aliphatic heterocycles. The maximum atomic E-state index is 12.3. The number of nitrogens with one attached hydrogen (secondary N) is 1. The number of benzene rings is 2. The third-order valence-electron chi connectivity index (χ3n) is 4.65. The monoisotopic (exact) mass is 381 g/mol. The number of carbonyl (C=O) groups is 1. The fourth-order valence-corrected chi connectivity index (χ4v) is 3.01. The highest BCUT2D eigenvalue weighted by molar-refractivity contribution is 5.85. The number of fused-ring (bicyclic) bond motifs is 1. The van der Waals surface area contributed by atoms with Crippen molar-refractivity contribution in [2.24, 2.45) is 0 Å². The van der Waals surface area contributed by atoms with E-state index in [9.17, 15) is 14.7 Å². The molecule has 0 spiro atoms. The molecular weight excluding hydrogens is 358 g/mol. The standard InChI is InChI=1S/C22H23NO5/c1-13-11-20(25)28-21-14(2)19(10-9-17(13)21)27-15(3)22(26)23-12-18(24)16-7-5-4-6-8-16/h4-11,15,18,24H,12H2,1-3H3,(H,23,26)/t15-,18-/m0/s1. The summed E-state index contributed by atoms with van der Waals surface area (Å²) in [6, 6.07) is 14.1. The second kappa shape index (κ2) is 8.27. The maximum Gasteiger partial charge on any atom is 0.336 e. The van der Waals surface area contributed by atoms with Gasteiger partial charge in [0.05, 0.1) is 6.10 Å². The van der Waals surface area contributed by atoms with Crippen LogP contribution < -0.4 is 15.7 Å². The first kappa shape index (κ1) is 19.6. The highest BCUT2D eigenvalue weighted by Gasteiger charge is 2.19. The van der Waals surface area contributed by atoms with Crippen LogP contribution in [0.25, 0.3) is 11.0 Å². The number of aliphatic hydroxyl groups is 1. The van der Waals surface area contributed by atoms with Gasteiger partial charge in [-0.05, 0) is 44.0 Å². The minimum atomic E-state index is -0.794. The second-order valence-corrected chi connectivity index (χ2v) is 6.75. The average Bonchev–Trinajstić information content (AvgIpc) is 2.68. The predicted octanol–water partition coefficient (Wildman–Crippen LogP) is 3.03. The number of hydrogen-bond acceptors (Lipinski definition) is 5. The van der Waals surface area contributed by atoms with Gasteiger partial charge in [0.15, 0.2) is 6.10 Å². The number of amides is 1. The molecule has 2 atom stereocenters. The number of aryl methyl sites for hydroxylation is 2. The van der Waals surface area contributed by atoms with Crippen molar-refractivity contribution in [1.29, 1.82) is 0 Å². The molecule has 1 heterocycles. The Balaban J connectivity index is 1.68. The van der Waals surface area contributed by atoms with Crippen molar-refractivity contribution in [3.63, 3.8) is 0 Å². The van der Waals surface area contributed by atoms with Gasteiger partial charge in [-0.1, -0.05) is 30.3 Å². The Bertz CT molecular complexity index is 1040. The van der Waals surface area contributed by atoms with Crippen molar-refractivity contribution >= 4 is 16.9 Å². The molecule has 2 N–H and O–H groups in total. The SMILES string of the molecule is Cc1cc(=O)oc2c(C)c(O[C@@H](C)C(=O)NC[C@H](O)c3ccccc3)ccc12. The number of aliphatic hydroxyl groups excluding tert-OH is 1. The topological polar surface area (TPSA) is 88.8 Å². The molecule has 0 aliphatic rings. The van der Waals surface area contributed by atoms with E-state index in [2.05, 4.69) is 5.32 Å². The fourth-order valence-electron chi connectivity index (χ4n) is 3.01. The normalized spacial score (nSPS) is 13.1. The minimum absolute atomic E-state index is 0.0846. The highest BCUT2D eigenvalue weighted by atomic mass is 16.5. The van der Waals surface area contributed by atoms with Gasteiger partial charge in [0.25, 0.3) is 5.91 Å². The number of carbonyl (C=O) groups excluding carboxylic acids is 1. The van der Waals surface area contributed by atoms with Gasteiger partial charge >= 0.3 is 5.63 Å². The third kappa shape index (κ3) is 4.23. The lowest BCUT2D eigenvalue weighted by molar-refractivity contribution is -0.127. The number of hydrogen-bond donors (Lipinski definition) is 2. The molecule has 0 radical (unpaired) electrons. The smallest absolute Gasteiger partial charge is 0.336 e. The average molecular weight is 381 g/mol. The van der Waals surface area contributed by atoms with Gasteiger partial charge in [-0.2, -0.15) is 0 Å². The number of rotatable bonds is 6. The van der Waals surface area contributed by atoms with Crippen LogP contribution in [-0.4, -0.2) is 23.7 Å². The van der Waals surface area contributed by atoms with Crippen molar-refractivity contribution in [2.75, 3.05) is 6.54 Å². The van der Waals surface area contributed by atoms with Crippen LogP contribution in [0.3, 0.4) is 0 Å². The van der Waals surface area contributed by atoms with Gasteiger partial charge in [-0.3, -0.25) is 4.79 Å². The fraction of sp³-hybridized carbons (Fsp3) is 0.273. The van der Waals surface area contributed by atoms with Crippen molar-refractivity contribution in [1.82, 2.24) is 5.32 Å². The van der Waals surface area contributed by atoms with E-state index in [4.69, 9.17) is 9.15 Å². The van der Waals surface area contributed by atoms with Crippen LogP contribution in [0.15, 0.2) is 57.7 Å². The Kier molecular flexibility index (Phi) is 5.80. The lowest BCUT2D eigenvalue weighted by atomic mass is 10.1. The zero-order valence-electron chi connectivity index (χ0n) is 16.1. The van der Waals surface area contributed by atoms with Crippen LogP contribution in [0, 0.1) is 13.8 Å². The Morgan fingerprint density at radius 2 is 1.89 bits per heavy atom. The lowest BCUT2D eigenvalue weighted by Crippen LogP contribution is -2.38. The third-order valence-corrected chi connectivity index (χ3v) is 4.65. The van der Waals surface area contributed by atoms with Crippen LogP contribution in [-0.2, 0) is 4.79 Å². The molecule has 2 aromatic carbocycles. The molecule has 6 nitrogen and oxygen atoms in total. The maximum absolute atomic E-state index is 12.3. The van der Waals surface area contributed by atoms with Gasteiger partial charge in [0.2, 0.25) is 0 Å². The van der Waals surface area contributed by atoms with E-state index in [0.29, 0.717) is 16.9 Å². The molecule has 3 rings (SSSR count). The van der Waals surface area contributed by atoms with E-state index in [-0.39, 0.29) is 12.5 Å². The van der Waals surface area contributed by atoms with Crippen LogP contribution in [0.2, 0.25) is 0 Å². The van der Waals surface area contributed by atoms with E-state index in [0.717, 1.165) is 16.5 Å². The summed E-state index contributed by atoms with van der Waals surface area (Å²) in [7, 11) is 0. The van der Waals surface area contributed by atoms with Gasteiger partial charge < -0.3 is 19.6 Å². The molecule has 0 bridgehead atoms. The zero-order valence-corrected chi connectivity index (χ0v) is 16.1. The summed E-state index contributed by atoms with van der Waals surface area (Å²) in [6.45, 7) is 5.33. The van der Waals surface area contributed by atoms with E-state index in [1.165, 1.54) is 6.07 Å². The van der Waals surface area contributed by atoms with E-state index in [1.807, 2.05) is 25.1 Å².